The third kappa shape index (κ3) is 2.15. The molecule has 0 saturated carbocycles. The quantitative estimate of drug-likeness (QED) is 0.603. The molecular formula is C8H11NS2. The van der Waals surface area contributed by atoms with Crippen LogP contribution in [0.5, 0.6) is 0 Å². The molecule has 0 aliphatic rings. The average Bonchev–Trinajstić information content (AvgIpc) is 2.04. The molecule has 0 heterocycles. The van der Waals surface area contributed by atoms with E-state index >= 15 is 0 Å². The summed E-state index contributed by atoms with van der Waals surface area (Å²) >= 11 is 8.60. The molecule has 0 amide bonds. The molecule has 1 unspecified atom stereocenters. The molecule has 0 spiro atoms. The second-order valence-corrected chi connectivity index (χ2v) is 3.42. The third-order valence-electron chi connectivity index (χ3n) is 1.52. The average molecular weight is 185 g/mol. The normalized spacial score (nSPS) is 13.0. The molecule has 0 aromatic heterocycles. The standard InChI is InChI=1S/C8H11NS2/c9-5-8(11)6-3-1-2-4-7(6)10/h1-4,8,10-11H,5,9H2. The van der Waals surface area contributed by atoms with Gasteiger partial charge >= 0.3 is 0 Å². The van der Waals surface area contributed by atoms with Crippen LogP contribution >= 0.6 is 25.3 Å². The number of rotatable bonds is 2. The zero-order chi connectivity index (χ0) is 8.27. The van der Waals surface area contributed by atoms with E-state index in [1.807, 2.05) is 24.3 Å². The summed E-state index contributed by atoms with van der Waals surface area (Å²) in [5, 5.41) is 0.101. The lowest BCUT2D eigenvalue weighted by atomic mass is 10.1. The SMILES string of the molecule is NCC(S)c1ccccc1S. The van der Waals surface area contributed by atoms with Gasteiger partial charge in [0.2, 0.25) is 0 Å². The highest BCUT2D eigenvalue weighted by Gasteiger charge is 2.05. The number of nitrogens with two attached hydrogens (primary N) is 1. The molecule has 0 saturated heterocycles. The molecule has 0 fully saturated rings. The minimum atomic E-state index is 0.101. The predicted molar refractivity (Wildman–Crippen MR) is 54.5 cm³/mol. The number of thiol groups is 2. The van der Waals surface area contributed by atoms with E-state index in [0.717, 1.165) is 10.5 Å². The van der Waals surface area contributed by atoms with E-state index in [0.29, 0.717) is 6.54 Å². The van der Waals surface area contributed by atoms with Crippen LogP contribution in [0.3, 0.4) is 0 Å². The Balaban J connectivity index is 2.93. The van der Waals surface area contributed by atoms with E-state index in [1.54, 1.807) is 0 Å². The van der Waals surface area contributed by atoms with Gasteiger partial charge < -0.3 is 5.73 Å². The molecule has 0 radical (unpaired) electrons. The van der Waals surface area contributed by atoms with E-state index in [4.69, 9.17) is 5.73 Å². The first kappa shape index (κ1) is 8.97. The van der Waals surface area contributed by atoms with Crippen molar-refractivity contribution in [3.8, 4) is 0 Å². The molecule has 0 aliphatic heterocycles. The molecule has 1 atom stereocenters. The van der Waals surface area contributed by atoms with Gasteiger partial charge in [-0.05, 0) is 11.6 Å². The summed E-state index contributed by atoms with van der Waals surface area (Å²) in [5.41, 5.74) is 6.56. The van der Waals surface area contributed by atoms with Crippen molar-refractivity contribution in [2.75, 3.05) is 6.54 Å². The Morgan fingerprint density at radius 1 is 1.36 bits per heavy atom. The second-order valence-electron chi connectivity index (χ2n) is 2.31. The van der Waals surface area contributed by atoms with Crippen LogP contribution in [0.4, 0.5) is 0 Å². The van der Waals surface area contributed by atoms with Gasteiger partial charge in [0.25, 0.3) is 0 Å². The van der Waals surface area contributed by atoms with Crippen molar-refractivity contribution in [2.24, 2.45) is 5.73 Å². The summed E-state index contributed by atoms with van der Waals surface area (Å²) in [6, 6.07) is 7.85. The van der Waals surface area contributed by atoms with Gasteiger partial charge in [-0.2, -0.15) is 12.6 Å². The molecular weight excluding hydrogens is 174 g/mol. The second kappa shape index (κ2) is 4.04. The van der Waals surface area contributed by atoms with E-state index in [2.05, 4.69) is 25.3 Å². The summed E-state index contributed by atoms with van der Waals surface area (Å²) in [6.07, 6.45) is 0. The fourth-order valence-corrected chi connectivity index (χ4v) is 1.54. The van der Waals surface area contributed by atoms with Gasteiger partial charge in [0.05, 0.1) is 0 Å². The van der Waals surface area contributed by atoms with Crippen LogP contribution in [-0.4, -0.2) is 6.54 Å². The fourth-order valence-electron chi connectivity index (χ4n) is 0.896. The maximum atomic E-state index is 5.46. The third-order valence-corrected chi connectivity index (χ3v) is 2.42. The Kier molecular flexibility index (Phi) is 3.30. The minimum absolute atomic E-state index is 0.101. The van der Waals surface area contributed by atoms with Crippen molar-refractivity contribution in [3.63, 3.8) is 0 Å². The van der Waals surface area contributed by atoms with E-state index < -0.39 is 0 Å². The number of benzene rings is 1. The van der Waals surface area contributed by atoms with Gasteiger partial charge in [-0.1, -0.05) is 18.2 Å². The molecule has 0 aliphatic carbocycles. The number of hydrogen-bond donors (Lipinski definition) is 3. The Bertz CT molecular complexity index is 237. The van der Waals surface area contributed by atoms with Gasteiger partial charge in [-0.3, -0.25) is 0 Å². The highest BCUT2D eigenvalue weighted by molar-refractivity contribution is 7.81. The van der Waals surface area contributed by atoms with Crippen LogP contribution < -0.4 is 5.73 Å². The summed E-state index contributed by atoms with van der Waals surface area (Å²) in [7, 11) is 0. The van der Waals surface area contributed by atoms with Crippen molar-refractivity contribution in [3.05, 3.63) is 29.8 Å². The summed E-state index contributed by atoms with van der Waals surface area (Å²) in [4.78, 5) is 0.956. The molecule has 1 aromatic carbocycles. The first-order valence-electron chi connectivity index (χ1n) is 3.41. The van der Waals surface area contributed by atoms with Gasteiger partial charge in [0, 0.05) is 16.7 Å². The van der Waals surface area contributed by atoms with E-state index in [1.165, 1.54) is 0 Å². The maximum absolute atomic E-state index is 5.46. The van der Waals surface area contributed by atoms with Crippen molar-refractivity contribution in [2.45, 2.75) is 10.1 Å². The van der Waals surface area contributed by atoms with E-state index in [9.17, 15) is 0 Å². The Hall–Kier alpha value is -0.120. The van der Waals surface area contributed by atoms with Crippen LogP contribution in [0.25, 0.3) is 0 Å². The Labute approximate surface area is 77.8 Å². The lowest BCUT2D eigenvalue weighted by molar-refractivity contribution is 0.927. The first-order valence-corrected chi connectivity index (χ1v) is 4.38. The predicted octanol–water partition coefficient (Wildman–Crippen LogP) is 1.90. The molecule has 1 aromatic rings. The maximum Gasteiger partial charge on any atom is 0.0400 e. The zero-order valence-corrected chi connectivity index (χ0v) is 7.85. The van der Waals surface area contributed by atoms with Gasteiger partial charge in [-0.25, -0.2) is 0 Å². The van der Waals surface area contributed by atoms with Crippen molar-refractivity contribution in [1.29, 1.82) is 0 Å². The molecule has 11 heavy (non-hydrogen) atoms. The number of hydrogen-bond acceptors (Lipinski definition) is 3. The minimum Gasteiger partial charge on any atom is -0.329 e. The fraction of sp³-hybridized carbons (Fsp3) is 0.250. The van der Waals surface area contributed by atoms with Crippen LogP contribution in [0.2, 0.25) is 0 Å². The van der Waals surface area contributed by atoms with Gasteiger partial charge in [0.1, 0.15) is 0 Å². The smallest absolute Gasteiger partial charge is 0.0400 e. The van der Waals surface area contributed by atoms with Crippen LogP contribution in [0, 0.1) is 0 Å². The summed E-state index contributed by atoms with van der Waals surface area (Å²) in [6.45, 7) is 0.542. The Morgan fingerprint density at radius 3 is 2.55 bits per heavy atom. The van der Waals surface area contributed by atoms with Gasteiger partial charge in [0.15, 0.2) is 0 Å². The van der Waals surface area contributed by atoms with Crippen molar-refractivity contribution in [1.82, 2.24) is 0 Å². The first-order chi connectivity index (χ1) is 5.25. The monoisotopic (exact) mass is 185 g/mol. The molecule has 1 nitrogen and oxygen atoms in total. The highest BCUT2D eigenvalue weighted by Crippen LogP contribution is 2.24. The van der Waals surface area contributed by atoms with Gasteiger partial charge in [-0.15, -0.1) is 12.6 Å². The summed E-state index contributed by atoms with van der Waals surface area (Å²) in [5.74, 6) is 0. The van der Waals surface area contributed by atoms with E-state index in [-0.39, 0.29) is 5.25 Å². The molecule has 0 bridgehead atoms. The lowest BCUT2D eigenvalue weighted by Gasteiger charge is -2.09. The zero-order valence-electron chi connectivity index (χ0n) is 6.07. The van der Waals surface area contributed by atoms with Crippen molar-refractivity contribution < 1.29 is 0 Å². The largest absolute Gasteiger partial charge is 0.329 e. The molecule has 1 rings (SSSR count). The Morgan fingerprint density at radius 2 is 2.00 bits per heavy atom. The summed E-state index contributed by atoms with van der Waals surface area (Å²) < 4.78 is 0. The molecule has 2 N–H and O–H groups in total. The molecule has 3 heteroatoms. The van der Waals surface area contributed by atoms with Crippen LogP contribution in [-0.2, 0) is 0 Å². The highest BCUT2D eigenvalue weighted by atomic mass is 32.1. The van der Waals surface area contributed by atoms with Crippen molar-refractivity contribution >= 4 is 25.3 Å². The topological polar surface area (TPSA) is 26.0 Å². The van der Waals surface area contributed by atoms with Crippen LogP contribution in [0.15, 0.2) is 29.2 Å². The van der Waals surface area contributed by atoms with Crippen LogP contribution in [0.1, 0.15) is 10.8 Å². The molecule has 60 valence electrons. The lowest BCUT2D eigenvalue weighted by Crippen LogP contribution is -2.07.